The molecule has 3 nitrogen and oxygen atoms in total. The Morgan fingerprint density at radius 3 is 2.94 bits per heavy atom. The second kappa shape index (κ2) is 7.21. The first kappa shape index (κ1) is 13.1. The second-order valence-electron chi connectivity index (χ2n) is 4.00. The molecular weight excluding hydrogens is 256 g/mol. The van der Waals surface area contributed by atoms with Crippen LogP contribution < -0.4 is 5.32 Å². The number of nitrogens with zero attached hydrogens (tertiary/aromatic N) is 1. The second-order valence-corrected chi connectivity index (χ2v) is 5.56. The topological polar surface area (TPSA) is 34.1 Å². The van der Waals surface area contributed by atoms with E-state index < -0.39 is 0 Å². The lowest BCUT2D eigenvalue weighted by molar-refractivity contribution is 0.0786. The molecule has 1 fully saturated rings. The highest BCUT2D eigenvalue weighted by Crippen LogP contribution is 2.16. The molecule has 94 valence electrons. The molecule has 1 aromatic rings. The first-order valence-electron chi connectivity index (χ1n) is 5.90. The van der Waals surface area contributed by atoms with E-state index in [1.54, 1.807) is 18.0 Å². The lowest BCUT2D eigenvalue weighted by Crippen LogP contribution is -2.35. The molecule has 0 bridgehead atoms. The van der Waals surface area contributed by atoms with Crippen molar-refractivity contribution in [3.05, 3.63) is 23.4 Å². The van der Waals surface area contributed by atoms with Gasteiger partial charge in [0.05, 0.1) is 10.0 Å². The van der Waals surface area contributed by atoms with Gasteiger partial charge in [-0.25, -0.2) is 4.98 Å². The summed E-state index contributed by atoms with van der Waals surface area (Å²) in [7, 11) is 0. The van der Waals surface area contributed by atoms with Crippen LogP contribution in [0.4, 0.5) is 0 Å². The molecule has 0 atom stereocenters. The average Bonchev–Trinajstić information content (AvgIpc) is 2.38. The van der Waals surface area contributed by atoms with Crippen molar-refractivity contribution in [3.8, 4) is 0 Å². The standard InChI is InChI=1S/C12H17ClN2OS/c13-10-1-2-12(15-9-10)17-8-5-14-11-3-6-16-7-4-11/h1-2,9,11,14H,3-8H2. The van der Waals surface area contributed by atoms with Gasteiger partial charge < -0.3 is 10.1 Å². The van der Waals surface area contributed by atoms with E-state index in [1.807, 2.05) is 12.1 Å². The summed E-state index contributed by atoms with van der Waals surface area (Å²) in [5.41, 5.74) is 0. The van der Waals surface area contributed by atoms with E-state index in [0.29, 0.717) is 11.1 Å². The minimum atomic E-state index is 0.627. The number of pyridine rings is 1. The molecule has 1 aliphatic rings. The summed E-state index contributed by atoms with van der Waals surface area (Å²) >= 11 is 7.53. The Kier molecular flexibility index (Phi) is 5.58. The normalized spacial score (nSPS) is 17.2. The summed E-state index contributed by atoms with van der Waals surface area (Å²) in [6.07, 6.45) is 3.95. The fourth-order valence-corrected chi connectivity index (χ4v) is 2.60. The Bertz CT molecular complexity index is 328. The fraction of sp³-hybridized carbons (Fsp3) is 0.583. The summed E-state index contributed by atoms with van der Waals surface area (Å²) in [5.74, 6) is 1.03. The van der Waals surface area contributed by atoms with Gasteiger partial charge in [-0.3, -0.25) is 0 Å². The highest BCUT2D eigenvalue weighted by Gasteiger charge is 2.12. The van der Waals surface area contributed by atoms with Crippen molar-refractivity contribution in [3.63, 3.8) is 0 Å². The SMILES string of the molecule is Clc1ccc(SCCNC2CCOCC2)nc1. The van der Waals surface area contributed by atoms with Crippen molar-refractivity contribution in [1.29, 1.82) is 0 Å². The van der Waals surface area contributed by atoms with Gasteiger partial charge in [-0.1, -0.05) is 11.6 Å². The Morgan fingerprint density at radius 1 is 1.41 bits per heavy atom. The van der Waals surface area contributed by atoms with Gasteiger partial charge in [-0.15, -0.1) is 11.8 Å². The third kappa shape index (κ3) is 4.84. The third-order valence-corrected chi connectivity index (χ3v) is 3.88. The molecule has 1 N–H and O–H groups in total. The number of nitrogens with one attached hydrogen (secondary N) is 1. The molecule has 0 aromatic carbocycles. The first-order valence-corrected chi connectivity index (χ1v) is 7.26. The van der Waals surface area contributed by atoms with Gasteiger partial charge in [0.25, 0.3) is 0 Å². The molecule has 1 aromatic heterocycles. The number of ether oxygens (including phenoxy) is 1. The molecule has 5 heteroatoms. The Labute approximate surface area is 111 Å². The minimum Gasteiger partial charge on any atom is -0.381 e. The molecule has 0 aliphatic carbocycles. The zero-order valence-electron chi connectivity index (χ0n) is 9.69. The van der Waals surface area contributed by atoms with E-state index in [2.05, 4.69) is 10.3 Å². The van der Waals surface area contributed by atoms with Crippen LogP contribution in [0.5, 0.6) is 0 Å². The molecule has 0 spiro atoms. The zero-order valence-corrected chi connectivity index (χ0v) is 11.3. The summed E-state index contributed by atoms with van der Waals surface area (Å²) in [4.78, 5) is 4.25. The van der Waals surface area contributed by atoms with E-state index in [4.69, 9.17) is 16.3 Å². The molecule has 0 unspecified atom stereocenters. The molecule has 0 saturated carbocycles. The number of hydrogen-bond acceptors (Lipinski definition) is 4. The van der Waals surface area contributed by atoms with Crippen LogP contribution >= 0.6 is 23.4 Å². The Balaban J connectivity index is 1.60. The zero-order chi connectivity index (χ0) is 11.9. The van der Waals surface area contributed by atoms with E-state index >= 15 is 0 Å². The van der Waals surface area contributed by atoms with Gasteiger partial charge >= 0.3 is 0 Å². The van der Waals surface area contributed by atoms with Crippen LogP contribution in [-0.2, 0) is 4.74 Å². The van der Waals surface area contributed by atoms with Gasteiger partial charge in [-0.2, -0.15) is 0 Å². The van der Waals surface area contributed by atoms with Gasteiger partial charge in [-0.05, 0) is 25.0 Å². The Morgan fingerprint density at radius 2 is 2.24 bits per heavy atom. The van der Waals surface area contributed by atoms with E-state index in [-0.39, 0.29) is 0 Å². The molecule has 17 heavy (non-hydrogen) atoms. The average molecular weight is 273 g/mol. The Hall–Kier alpha value is -0.290. The number of hydrogen-bond donors (Lipinski definition) is 1. The minimum absolute atomic E-state index is 0.627. The van der Waals surface area contributed by atoms with Crippen LogP contribution in [0.1, 0.15) is 12.8 Å². The quantitative estimate of drug-likeness (QED) is 0.660. The summed E-state index contributed by atoms with van der Waals surface area (Å²) in [5, 5.41) is 5.27. The summed E-state index contributed by atoms with van der Waals surface area (Å²) in [6.45, 7) is 2.80. The van der Waals surface area contributed by atoms with Crippen LogP contribution in [0.15, 0.2) is 23.4 Å². The molecule has 2 heterocycles. The molecule has 0 radical (unpaired) electrons. The van der Waals surface area contributed by atoms with Gasteiger partial charge in [0, 0.05) is 37.8 Å². The monoisotopic (exact) mass is 272 g/mol. The van der Waals surface area contributed by atoms with Crippen molar-refractivity contribution in [2.24, 2.45) is 0 Å². The van der Waals surface area contributed by atoms with Crippen molar-refractivity contribution in [1.82, 2.24) is 10.3 Å². The van der Waals surface area contributed by atoms with Crippen LogP contribution in [0.2, 0.25) is 5.02 Å². The third-order valence-electron chi connectivity index (χ3n) is 2.71. The van der Waals surface area contributed by atoms with Gasteiger partial charge in [0.2, 0.25) is 0 Å². The number of halogens is 1. The predicted octanol–water partition coefficient (Wildman–Crippen LogP) is 2.60. The first-order chi connectivity index (χ1) is 8.34. The van der Waals surface area contributed by atoms with Crippen molar-refractivity contribution in [2.45, 2.75) is 23.9 Å². The summed E-state index contributed by atoms with van der Waals surface area (Å²) in [6, 6.07) is 4.46. The lowest BCUT2D eigenvalue weighted by Gasteiger charge is -2.22. The molecule has 2 rings (SSSR count). The van der Waals surface area contributed by atoms with E-state index in [9.17, 15) is 0 Å². The molecular formula is C12H17ClN2OS. The maximum atomic E-state index is 5.78. The van der Waals surface area contributed by atoms with Crippen molar-refractivity contribution < 1.29 is 4.74 Å². The van der Waals surface area contributed by atoms with Gasteiger partial charge in [0.1, 0.15) is 0 Å². The lowest BCUT2D eigenvalue weighted by atomic mass is 10.1. The van der Waals surface area contributed by atoms with Crippen molar-refractivity contribution in [2.75, 3.05) is 25.5 Å². The highest BCUT2D eigenvalue weighted by atomic mass is 35.5. The van der Waals surface area contributed by atoms with E-state index in [1.165, 1.54) is 0 Å². The largest absolute Gasteiger partial charge is 0.381 e. The predicted molar refractivity (Wildman–Crippen MR) is 71.8 cm³/mol. The van der Waals surface area contributed by atoms with Gasteiger partial charge in [0.15, 0.2) is 0 Å². The number of rotatable bonds is 5. The maximum Gasteiger partial charge on any atom is 0.0961 e. The summed E-state index contributed by atoms with van der Waals surface area (Å²) < 4.78 is 5.32. The van der Waals surface area contributed by atoms with Crippen LogP contribution in [-0.4, -0.2) is 36.5 Å². The molecule has 0 amide bonds. The highest BCUT2D eigenvalue weighted by molar-refractivity contribution is 7.99. The van der Waals surface area contributed by atoms with E-state index in [0.717, 1.165) is 43.4 Å². The number of thioether (sulfide) groups is 1. The maximum absolute atomic E-state index is 5.78. The van der Waals surface area contributed by atoms with Crippen LogP contribution in [0, 0.1) is 0 Å². The number of aromatic nitrogens is 1. The smallest absolute Gasteiger partial charge is 0.0961 e. The molecule has 1 aliphatic heterocycles. The van der Waals surface area contributed by atoms with Crippen LogP contribution in [0.3, 0.4) is 0 Å². The van der Waals surface area contributed by atoms with Crippen LogP contribution in [0.25, 0.3) is 0 Å². The molecule has 1 saturated heterocycles. The fourth-order valence-electron chi connectivity index (χ4n) is 1.77. The van der Waals surface area contributed by atoms with Crippen molar-refractivity contribution >= 4 is 23.4 Å².